The topological polar surface area (TPSA) is 69.6 Å². The van der Waals surface area contributed by atoms with Gasteiger partial charge in [-0.15, -0.1) is 0 Å². The van der Waals surface area contributed by atoms with Gasteiger partial charge in [0.25, 0.3) is 5.91 Å². The van der Waals surface area contributed by atoms with Gasteiger partial charge in [0, 0.05) is 0 Å². The van der Waals surface area contributed by atoms with E-state index in [1.54, 1.807) is 0 Å². The van der Waals surface area contributed by atoms with Crippen LogP contribution in [-0.2, 0) is 4.79 Å². The van der Waals surface area contributed by atoms with Gasteiger partial charge >= 0.3 is 6.03 Å². The Balaban J connectivity index is 1.71. The van der Waals surface area contributed by atoms with E-state index in [0.29, 0.717) is 18.8 Å². The fourth-order valence-electron chi connectivity index (χ4n) is 3.54. The van der Waals surface area contributed by atoms with Crippen LogP contribution in [-0.4, -0.2) is 34.0 Å². The van der Waals surface area contributed by atoms with Gasteiger partial charge in [-0.2, -0.15) is 0 Å². The highest BCUT2D eigenvalue weighted by Gasteiger charge is 2.52. The van der Waals surface area contributed by atoms with Crippen molar-refractivity contribution >= 4 is 11.9 Å². The third-order valence-corrected chi connectivity index (χ3v) is 5.05. The van der Waals surface area contributed by atoms with Crippen LogP contribution in [0.3, 0.4) is 0 Å². The van der Waals surface area contributed by atoms with Gasteiger partial charge in [0.2, 0.25) is 0 Å². The molecule has 1 aromatic rings. The van der Waals surface area contributed by atoms with Crippen molar-refractivity contribution < 1.29 is 14.7 Å². The Morgan fingerprint density at radius 1 is 1.13 bits per heavy atom. The maximum Gasteiger partial charge on any atom is 0.325 e. The number of imide groups is 1. The molecular weight excluding hydrogens is 292 g/mol. The Morgan fingerprint density at radius 3 is 2.26 bits per heavy atom. The number of nitrogens with one attached hydrogen (secondary N) is 1. The molecule has 1 atom stereocenters. The molecule has 23 heavy (non-hydrogen) atoms. The molecule has 0 aromatic heterocycles. The standard InChI is InChI=1S/C18H24N2O3/c1-12(2)13-5-7-14(8-6-13)15(21)11-20-16(22)18(19-17(20)23)9-3-4-10-18/h5-8,12,15,21H,3-4,9-11H2,1-2H3,(H,19,23)/t15-/m1/s1. The molecule has 3 amide bonds. The number of amides is 3. The number of aliphatic hydroxyl groups is 1. The van der Waals surface area contributed by atoms with Gasteiger partial charge in [0.05, 0.1) is 12.6 Å². The maximum absolute atomic E-state index is 12.6. The minimum absolute atomic E-state index is 0.00738. The van der Waals surface area contributed by atoms with Crippen molar-refractivity contribution in [3.63, 3.8) is 0 Å². The molecule has 1 saturated heterocycles. The zero-order chi connectivity index (χ0) is 16.6. The third kappa shape index (κ3) is 2.85. The van der Waals surface area contributed by atoms with E-state index in [9.17, 15) is 14.7 Å². The van der Waals surface area contributed by atoms with Crippen LogP contribution < -0.4 is 5.32 Å². The highest BCUT2D eigenvalue weighted by atomic mass is 16.3. The third-order valence-electron chi connectivity index (χ3n) is 5.05. The number of benzene rings is 1. The summed E-state index contributed by atoms with van der Waals surface area (Å²) < 4.78 is 0. The summed E-state index contributed by atoms with van der Waals surface area (Å²) in [6, 6.07) is 7.31. The Labute approximate surface area is 136 Å². The lowest BCUT2D eigenvalue weighted by Gasteiger charge is -2.21. The number of nitrogens with zero attached hydrogens (tertiary/aromatic N) is 1. The summed E-state index contributed by atoms with van der Waals surface area (Å²) in [5.41, 5.74) is 1.21. The second kappa shape index (κ2) is 5.96. The molecule has 0 unspecified atom stereocenters. The monoisotopic (exact) mass is 316 g/mol. The molecule has 0 radical (unpaired) electrons. The van der Waals surface area contributed by atoms with E-state index < -0.39 is 11.6 Å². The number of carbonyl (C=O) groups is 2. The van der Waals surface area contributed by atoms with E-state index in [2.05, 4.69) is 19.2 Å². The van der Waals surface area contributed by atoms with E-state index in [-0.39, 0.29) is 18.5 Å². The summed E-state index contributed by atoms with van der Waals surface area (Å²) in [5, 5.41) is 13.2. The van der Waals surface area contributed by atoms with Gasteiger partial charge in [-0.1, -0.05) is 51.0 Å². The van der Waals surface area contributed by atoms with E-state index in [0.717, 1.165) is 18.4 Å². The molecule has 1 heterocycles. The van der Waals surface area contributed by atoms with Crippen LogP contribution in [0.15, 0.2) is 24.3 Å². The Morgan fingerprint density at radius 2 is 1.70 bits per heavy atom. The van der Waals surface area contributed by atoms with E-state index in [4.69, 9.17) is 0 Å². The van der Waals surface area contributed by atoms with Crippen LogP contribution in [0.5, 0.6) is 0 Å². The Bertz CT molecular complexity index is 603. The Hall–Kier alpha value is -1.88. The van der Waals surface area contributed by atoms with Crippen molar-refractivity contribution in [2.75, 3.05) is 6.54 Å². The molecular formula is C18H24N2O3. The summed E-state index contributed by atoms with van der Waals surface area (Å²) in [6.07, 6.45) is 2.46. The molecule has 1 aliphatic heterocycles. The molecule has 2 N–H and O–H groups in total. The van der Waals surface area contributed by atoms with Crippen molar-refractivity contribution in [2.24, 2.45) is 0 Å². The van der Waals surface area contributed by atoms with Gasteiger partial charge in [0.15, 0.2) is 0 Å². The summed E-state index contributed by atoms with van der Waals surface area (Å²) in [7, 11) is 0. The van der Waals surface area contributed by atoms with Gasteiger partial charge in [-0.25, -0.2) is 4.79 Å². The first-order valence-electron chi connectivity index (χ1n) is 8.35. The van der Waals surface area contributed by atoms with Crippen LogP contribution >= 0.6 is 0 Å². The lowest BCUT2D eigenvalue weighted by Crippen LogP contribution is -2.44. The SMILES string of the molecule is CC(C)c1ccc([C@H](O)CN2C(=O)NC3(CCCC3)C2=O)cc1. The molecule has 0 bridgehead atoms. The van der Waals surface area contributed by atoms with Crippen LogP contribution in [0.25, 0.3) is 0 Å². The number of urea groups is 1. The van der Waals surface area contributed by atoms with Crippen LogP contribution in [0, 0.1) is 0 Å². The zero-order valence-electron chi connectivity index (χ0n) is 13.7. The van der Waals surface area contributed by atoms with Crippen molar-refractivity contribution in [1.82, 2.24) is 10.2 Å². The number of hydrogen-bond acceptors (Lipinski definition) is 3. The summed E-state index contributed by atoms with van der Waals surface area (Å²) in [6.45, 7) is 4.23. The van der Waals surface area contributed by atoms with Crippen LogP contribution in [0.1, 0.15) is 62.7 Å². The Kier molecular flexibility index (Phi) is 4.15. The van der Waals surface area contributed by atoms with Crippen LogP contribution in [0.2, 0.25) is 0 Å². The van der Waals surface area contributed by atoms with Gasteiger partial charge in [-0.05, 0) is 29.9 Å². The van der Waals surface area contributed by atoms with Gasteiger partial charge < -0.3 is 10.4 Å². The van der Waals surface area contributed by atoms with Gasteiger partial charge in [0.1, 0.15) is 5.54 Å². The quantitative estimate of drug-likeness (QED) is 0.839. The van der Waals surface area contributed by atoms with E-state index in [1.807, 2.05) is 24.3 Å². The highest BCUT2D eigenvalue weighted by Crippen LogP contribution is 2.35. The van der Waals surface area contributed by atoms with Crippen molar-refractivity contribution in [3.8, 4) is 0 Å². The minimum Gasteiger partial charge on any atom is -0.387 e. The molecule has 5 nitrogen and oxygen atoms in total. The molecule has 2 fully saturated rings. The maximum atomic E-state index is 12.6. The first-order valence-corrected chi connectivity index (χ1v) is 8.35. The largest absolute Gasteiger partial charge is 0.387 e. The van der Waals surface area contributed by atoms with Crippen LogP contribution in [0.4, 0.5) is 4.79 Å². The smallest absolute Gasteiger partial charge is 0.325 e. The second-order valence-electron chi connectivity index (χ2n) is 6.97. The normalized spacial score (nSPS) is 21.3. The number of β-amino-alcohol motifs (C(OH)–C–C–N with tert-alkyl or cyclic N) is 1. The molecule has 1 aliphatic carbocycles. The molecule has 1 aromatic carbocycles. The molecule has 124 valence electrons. The number of carbonyl (C=O) groups excluding carboxylic acids is 2. The molecule has 5 heteroatoms. The second-order valence-corrected chi connectivity index (χ2v) is 6.97. The average Bonchev–Trinajstić information content (AvgIpc) is 3.08. The average molecular weight is 316 g/mol. The van der Waals surface area contributed by atoms with E-state index in [1.165, 1.54) is 10.5 Å². The minimum atomic E-state index is -0.859. The predicted molar refractivity (Wildman–Crippen MR) is 86.9 cm³/mol. The number of hydrogen-bond donors (Lipinski definition) is 2. The van der Waals surface area contributed by atoms with Crippen molar-refractivity contribution in [3.05, 3.63) is 35.4 Å². The lowest BCUT2D eigenvalue weighted by molar-refractivity contribution is -0.132. The van der Waals surface area contributed by atoms with Crippen molar-refractivity contribution in [1.29, 1.82) is 0 Å². The molecule has 3 rings (SSSR count). The molecule has 1 saturated carbocycles. The molecule has 1 spiro atoms. The lowest BCUT2D eigenvalue weighted by atomic mass is 9.97. The van der Waals surface area contributed by atoms with E-state index >= 15 is 0 Å². The highest BCUT2D eigenvalue weighted by molar-refractivity contribution is 6.07. The predicted octanol–water partition coefficient (Wildman–Crippen LogP) is 2.71. The first kappa shape index (κ1) is 16.0. The fourth-order valence-corrected chi connectivity index (χ4v) is 3.54. The van der Waals surface area contributed by atoms with Gasteiger partial charge in [-0.3, -0.25) is 9.69 Å². The molecule has 2 aliphatic rings. The first-order chi connectivity index (χ1) is 10.9. The summed E-state index contributed by atoms with van der Waals surface area (Å²) >= 11 is 0. The number of aliphatic hydroxyl groups excluding tert-OH is 1. The number of rotatable bonds is 4. The summed E-state index contributed by atoms with van der Waals surface area (Å²) in [5.74, 6) is 0.243. The summed E-state index contributed by atoms with van der Waals surface area (Å²) in [4.78, 5) is 25.9. The van der Waals surface area contributed by atoms with Crippen molar-refractivity contribution in [2.45, 2.75) is 57.1 Å². The zero-order valence-corrected chi connectivity index (χ0v) is 13.7. The fraction of sp³-hybridized carbons (Fsp3) is 0.556.